The van der Waals surface area contributed by atoms with Gasteiger partial charge in [-0.3, -0.25) is 14.9 Å². The van der Waals surface area contributed by atoms with E-state index in [1.54, 1.807) is 6.92 Å². The van der Waals surface area contributed by atoms with Gasteiger partial charge in [-0.15, -0.1) is 0 Å². The van der Waals surface area contributed by atoms with Gasteiger partial charge in [0.1, 0.15) is 0 Å². The van der Waals surface area contributed by atoms with Gasteiger partial charge in [-0.05, 0) is 31.9 Å². The summed E-state index contributed by atoms with van der Waals surface area (Å²) >= 11 is 0. The fraction of sp³-hybridized carbons (Fsp3) is 0.417. The molecule has 0 bridgehead atoms. The minimum Gasteiger partial charge on any atom is -0.487 e. The van der Waals surface area contributed by atoms with Crippen LogP contribution in [0.5, 0.6) is 5.75 Å². The van der Waals surface area contributed by atoms with Crippen molar-refractivity contribution in [3.63, 3.8) is 0 Å². The number of ether oxygens (including phenoxy) is 1. The molecule has 0 aromatic heterocycles. The van der Waals surface area contributed by atoms with Gasteiger partial charge in [0.05, 0.1) is 11.5 Å². The second-order valence-corrected chi connectivity index (χ2v) is 3.58. The zero-order valence-electron chi connectivity index (χ0n) is 10.1. The van der Waals surface area contributed by atoms with Crippen LogP contribution in [0.4, 0.5) is 5.69 Å². The van der Waals surface area contributed by atoms with Crippen LogP contribution < -0.4 is 4.74 Å². The van der Waals surface area contributed by atoms with Crippen LogP contribution in [0.2, 0.25) is 0 Å². The number of carbonyl (C=O) groups excluding carboxylic acids is 1. The Morgan fingerprint density at radius 1 is 1.41 bits per heavy atom. The Bertz CT molecular complexity index is 454. The summed E-state index contributed by atoms with van der Waals surface area (Å²) in [5, 5.41) is 10.9. The molecule has 0 aliphatic rings. The van der Waals surface area contributed by atoms with Gasteiger partial charge < -0.3 is 4.74 Å². The molecule has 0 aliphatic carbocycles. The lowest BCUT2D eigenvalue weighted by molar-refractivity contribution is -0.385. The summed E-state index contributed by atoms with van der Waals surface area (Å²) in [6.45, 7) is 5.36. The van der Waals surface area contributed by atoms with Crippen LogP contribution in [-0.4, -0.2) is 17.3 Å². The Hall–Kier alpha value is -1.91. The fourth-order valence-electron chi connectivity index (χ4n) is 1.65. The molecule has 0 heterocycles. The normalized spacial score (nSPS) is 10.1. The number of hydrogen-bond donors (Lipinski definition) is 0. The van der Waals surface area contributed by atoms with E-state index in [0.717, 1.165) is 0 Å². The van der Waals surface area contributed by atoms with Gasteiger partial charge in [0.15, 0.2) is 11.5 Å². The van der Waals surface area contributed by atoms with Crippen molar-refractivity contribution < 1.29 is 14.5 Å². The highest BCUT2D eigenvalue weighted by molar-refractivity contribution is 5.96. The maximum absolute atomic E-state index is 11.4. The SMILES string of the molecule is CCOc1cc(C(C)=O)c(CC)cc1[N+](=O)[O-]. The predicted molar refractivity (Wildman–Crippen MR) is 63.6 cm³/mol. The molecular weight excluding hydrogens is 222 g/mol. The van der Waals surface area contributed by atoms with E-state index in [2.05, 4.69) is 0 Å². The number of Topliss-reactive ketones (excluding diaryl/α,β-unsaturated/α-hetero) is 1. The Balaban J connectivity index is 3.41. The molecule has 0 saturated carbocycles. The van der Waals surface area contributed by atoms with E-state index < -0.39 is 4.92 Å². The highest BCUT2D eigenvalue weighted by atomic mass is 16.6. The van der Waals surface area contributed by atoms with E-state index >= 15 is 0 Å². The zero-order chi connectivity index (χ0) is 13.0. The van der Waals surface area contributed by atoms with Crippen molar-refractivity contribution in [1.82, 2.24) is 0 Å². The quantitative estimate of drug-likeness (QED) is 0.448. The lowest BCUT2D eigenvalue weighted by Gasteiger charge is -2.09. The van der Waals surface area contributed by atoms with E-state index in [1.165, 1.54) is 19.1 Å². The molecule has 1 rings (SSSR count). The van der Waals surface area contributed by atoms with Crippen LogP contribution in [-0.2, 0) is 6.42 Å². The number of aryl methyl sites for hydroxylation is 1. The third-order valence-corrected chi connectivity index (χ3v) is 2.44. The first-order chi connectivity index (χ1) is 8.01. The Morgan fingerprint density at radius 2 is 2.06 bits per heavy atom. The van der Waals surface area contributed by atoms with Crippen molar-refractivity contribution in [2.45, 2.75) is 27.2 Å². The first kappa shape index (κ1) is 13.2. The molecule has 5 nitrogen and oxygen atoms in total. The molecule has 0 aliphatic heterocycles. The second-order valence-electron chi connectivity index (χ2n) is 3.58. The molecule has 0 unspecified atom stereocenters. The van der Waals surface area contributed by atoms with Crippen molar-refractivity contribution >= 4 is 11.5 Å². The summed E-state index contributed by atoms with van der Waals surface area (Å²) in [6, 6.07) is 2.88. The maximum atomic E-state index is 11.4. The number of nitro groups is 1. The van der Waals surface area contributed by atoms with Crippen molar-refractivity contribution in [2.24, 2.45) is 0 Å². The average Bonchev–Trinajstić information content (AvgIpc) is 2.28. The predicted octanol–water partition coefficient (Wildman–Crippen LogP) is 2.76. The van der Waals surface area contributed by atoms with Gasteiger partial charge in [-0.1, -0.05) is 6.92 Å². The summed E-state index contributed by atoms with van der Waals surface area (Å²) < 4.78 is 5.19. The summed E-state index contributed by atoms with van der Waals surface area (Å²) in [4.78, 5) is 21.8. The first-order valence-corrected chi connectivity index (χ1v) is 5.46. The highest BCUT2D eigenvalue weighted by Crippen LogP contribution is 2.31. The number of hydrogen-bond acceptors (Lipinski definition) is 4. The first-order valence-electron chi connectivity index (χ1n) is 5.46. The minimum absolute atomic E-state index is 0.0892. The molecule has 0 fully saturated rings. The molecule has 17 heavy (non-hydrogen) atoms. The van der Waals surface area contributed by atoms with Gasteiger partial charge in [0, 0.05) is 11.6 Å². The molecule has 5 heteroatoms. The highest BCUT2D eigenvalue weighted by Gasteiger charge is 2.20. The lowest BCUT2D eigenvalue weighted by atomic mass is 10.0. The molecule has 0 amide bonds. The van der Waals surface area contributed by atoms with Gasteiger partial charge >= 0.3 is 5.69 Å². The Morgan fingerprint density at radius 3 is 2.47 bits per heavy atom. The van der Waals surface area contributed by atoms with Crippen molar-refractivity contribution in [2.75, 3.05) is 6.61 Å². The summed E-state index contributed by atoms with van der Waals surface area (Å²) in [7, 11) is 0. The summed E-state index contributed by atoms with van der Waals surface area (Å²) in [5.41, 5.74) is 1.07. The number of rotatable bonds is 5. The van der Waals surface area contributed by atoms with Crippen LogP contribution in [0.25, 0.3) is 0 Å². The molecule has 1 aromatic carbocycles. The van der Waals surface area contributed by atoms with Gasteiger partial charge in [-0.2, -0.15) is 0 Å². The van der Waals surface area contributed by atoms with Crippen molar-refractivity contribution in [1.29, 1.82) is 0 Å². The minimum atomic E-state index is -0.492. The number of ketones is 1. The van der Waals surface area contributed by atoms with Crippen LogP contribution in [0, 0.1) is 10.1 Å². The van der Waals surface area contributed by atoms with Gasteiger partial charge in [0.25, 0.3) is 0 Å². The number of nitro benzene ring substituents is 1. The number of benzene rings is 1. The average molecular weight is 237 g/mol. The third-order valence-electron chi connectivity index (χ3n) is 2.44. The molecular formula is C12H15NO4. The fourth-order valence-corrected chi connectivity index (χ4v) is 1.65. The number of nitrogens with zero attached hydrogens (tertiary/aromatic N) is 1. The molecule has 0 radical (unpaired) electrons. The van der Waals surface area contributed by atoms with Crippen molar-refractivity contribution in [3.8, 4) is 5.75 Å². The maximum Gasteiger partial charge on any atom is 0.311 e. The number of carbonyl (C=O) groups is 1. The summed E-state index contributed by atoms with van der Waals surface area (Å²) in [6.07, 6.45) is 0.572. The standard InChI is InChI=1S/C12H15NO4/c1-4-9-6-11(13(15)16)12(17-5-2)7-10(9)8(3)14/h6-7H,4-5H2,1-3H3. The molecule has 0 saturated heterocycles. The molecule has 92 valence electrons. The topological polar surface area (TPSA) is 69.4 Å². The Labute approximate surface area is 99.5 Å². The smallest absolute Gasteiger partial charge is 0.311 e. The van der Waals surface area contributed by atoms with E-state index in [1.807, 2.05) is 6.92 Å². The van der Waals surface area contributed by atoms with Crippen LogP contribution in [0.3, 0.4) is 0 Å². The van der Waals surface area contributed by atoms with E-state index in [9.17, 15) is 14.9 Å². The van der Waals surface area contributed by atoms with Crippen LogP contribution in [0.1, 0.15) is 36.7 Å². The molecule has 0 atom stereocenters. The van der Waals surface area contributed by atoms with Gasteiger partial charge in [0.2, 0.25) is 0 Å². The molecule has 0 N–H and O–H groups in total. The third kappa shape index (κ3) is 2.81. The van der Waals surface area contributed by atoms with Gasteiger partial charge in [-0.25, -0.2) is 0 Å². The monoisotopic (exact) mass is 237 g/mol. The zero-order valence-corrected chi connectivity index (χ0v) is 10.1. The van der Waals surface area contributed by atoms with E-state index in [-0.39, 0.29) is 17.2 Å². The molecule has 0 spiro atoms. The van der Waals surface area contributed by atoms with Crippen molar-refractivity contribution in [3.05, 3.63) is 33.4 Å². The summed E-state index contributed by atoms with van der Waals surface area (Å²) in [5.74, 6) is 0.0394. The van der Waals surface area contributed by atoms with Crippen LogP contribution >= 0.6 is 0 Å². The van der Waals surface area contributed by atoms with E-state index in [4.69, 9.17) is 4.74 Å². The largest absolute Gasteiger partial charge is 0.487 e. The second kappa shape index (κ2) is 5.43. The molecule has 1 aromatic rings. The van der Waals surface area contributed by atoms with E-state index in [0.29, 0.717) is 24.2 Å². The lowest BCUT2D eigenvalue weighted by Crippen LogP contribution is -2.04. The van der Waals surface area contributed by atoms with Crippen LogP contribution in [0.15, 0.2) is 12.1 Å². The Kier molecular flexibility index (Phi) is 4.20.